The van der Waals surface area contributed by atoms with Gasteiger partial charge >= 0.3 is 0 Å². The Balaban J connectivity index is 2.73. The average Bonchev–Trinajstić information content (AvgIpc) is 2.65. The Morgan fingerprint density at radius 1 is 1.69 bits per heavy atom. The zero-order valence-electron chi connectivity index (χ0n) is 9.91. The molecule has 90 valence electrons. The molecule has 0 fully saturated rings. The summed E-state index contributed by atoms with van der Waals surface area (Å²) in [6, 6.07) is 0. The van der Waals surface area contributed by atoms with E-state index < -0.39 is 0 Å². The topological polar surface area (TPSA) is 62.2 Å². The second-order valence-electron chi connectivity index (χ2n) is 4.11. The van der Waals surface area contributed by atoms with Crippen LogP contribution in [0.25, 0.3) is 0 Å². The Bertz CT molecular complexity index is 365. The minimum atomic E-state index is -0.345. The molecule has 0 aliphatic heterocycles. The van der Waals surface area contributed by atoms with Crippen molar-refractivity contribution in [3.63, 3.8) is 0 Å². The van der Waals surface area contributed by atoms with Gasteiger partial charge in [0.05, 0.1) is 11.2 Å². The predicted octanol–water partition coefficient (Wildman–Crippen LogP) is 1.73. The summed E-state index contributed by atoms with van der Waals surface area (Å²) in [5, 5.41) is 11.9. The normalized spacial score (nSPS) is 14.5. The number of thiazole rings is 1. The number of hydrogen-bond acceptors (Lipinski definition) is 4. The van der Waals surface area contributed by atoms with E-state index in [2.05, 4.69) is 10.3 Å². The van der Waals surface area contributed by atoms with E-state index >= 15 is 0 Å². The van der Waals surface area contributed by atoms with Crippen molar-refractivity contribution in [2.24, 2.45) is 0 Å². The first-order valence-electron chi connectivity index (χ1n) is 5.36. The van der Waals surface area contributed by atoms with E-state index in [1.165, 1.54) is 11.3 Å². The van der Waals surface area contributed by atoms with E-state index in [9.17, 15) is 4.79 Å². The minimum absolute atomic E-state index is 0.0757. The van der Waals surface area contributed by atoms with Gasteiger partial charge in [-0.25, -0.2) is 4.98 Å². The van der Waals surface area contributed by atoms with Crippen LogP contribution in [0.3, 0.4) is 0 Å². The minimum Gasteiger partial charge on any atom is -0.396 e. The summed E-state index contributed by atoms with van der Waals surface area (Å²) in [6.07, 6.45) is 1.35. The molecule has 0 spiro atoms. The van der Waals surface area contributed by atoms with Crippen molar-refractivity contribution in [2.75, 3.05) is 6.61 Å². The first kappa shape index (κ1) is 13.1. The molecule has 1 unspecified atom stereocenters. The van der Waals surface area contributed by atoms with E-state index in [4.69, 9.17) is 5.11 Å². The molecule has 2 N–H and O–H groups in total. The molecule has 1 heterocycles. The molecule has 0 radical (unpaired) electrons. The summed E-state index contributed by atoms with van der Waals surface area (Å²) >= 11 is 1.34. The Kier molecular flexibility index (Phi) is 4.44. The maximum absolute atomic E-state index is 12.0. The number of nitrogens with one attached hydrogen (secondary N) is 1. The van der Waals surface area contributed by atoms with Crippen LogP contribution >= 0.6 is 11.3 Å². The highest BCUT2D eigenvalue weighted by Gasteiger charge is 2.25. The quantitative estimate of drug-likeness (QED) is 0.826. The molecule has 1 atom stereocenters. The number of nitrogens with zero attached hydrogens (tertiary/aromatic N) is 1. The van der Waals surface area contributed by atoms with Crippen LogP contribution in [0.1, 0.15) is 42.1 Å². The fraction of sp³-hybridized carbons (Fsp3) is 0.636. The fourth-order valence-corrected chi connectivity index (χ4v) is 2.12. The lowest BCUT2D eigenvalue weighted by molar-refractivity contribution is 0.0889. The van der Waals surface area contributed by atoms with Crippen LogP contribution in [0, 0.1) is 6.92 Å². The van der Waals surface area contributed by atoms with E-state index in [1.54, 1.807) is 5.51 Å². The van der Waals surface area contributed by atoms with Crippen LogP contribution in [0.4, 0.5) is 0 Å². The van der Waals surface area contributed by atoms with E-state index in [0.717, 1.165) is 12.1 Å². The van der Waals surface area contributed by atoms with Crippen molar-refractivity contribution < 1.29 is 9.90 Å². The van der Waals surface area contributed by atoms with Crippen LogP contribution in [0.5, 0.6) is 0 Å². The van der Waals surface area contributed by atoms with Crippen molar-refractivity contribution in [1.82, 2.24) is 10.3 Å². The molecule has 0 saturated heterocycles. The predicted molar refractivity (Wildman–Crippen MR) is 64.7 cm³/mol. The molecule has 1 rings (SSSR count). The molecule has 0 saturated carbocycles. The summed E-state index contributed by atoms with van der Waals surface area (Å²) in [4.78, 5) is 16.7. The number of carbonyl (C=O) groups is 1. The number of aliphatic hydroxyl groups excluding tert-OH is 1. The molecule has 5 heteroatoms. The first-order chi connectivity index (χ1) is 7.52. The number of hydrogen-bond donors (Lipinski definition) is 2. The van der Waals surface area contributed by atoms with E-state index in [0.29, 0.717) is 11.3 Å². The highest BCUT2D eigenvalue weighted by molar-refractivity contribution is 7.11. The van der Waals surface area contributed by atoms with Crippen molar-refractivity contribution in [1.29, 1.82) is 0 Å². The molecule has 0 bridgehead atoms. The second kappa shape index (κ2) is 5.41. The highest BCUT2D eigenvalue weighted by Crippen LogP contribution is 2.17. The van der Waals surface area contributed by atoms with E-state index in [-0.39, 0.29) is 18.1 Å². The van der Waals surface area contributed by atoms with Crippen molar-refractivity contribution in [3.8, 4) is 0 Å². The van der Waals surface area contributed by atoms with Gasteiger partial charge in [-0.15, -0.1) is 11.3 Å². The van der Waals surface area contributed by atoms with Gasteiger partial charge in [-0.1, -0.05) is 6.92 Å². The Morgan fingerprint density at radius 3 is 2.81 bits per heavy atom. The SMILES string of the molecule is CCC(C)(CCO)NC(=O)c1scnc1C. The van der Waals surface area contributed by atoms with Gasteiger partial charge in [-0.05, 0) is 26.7 Å². The van der Waals surface area contributed by atoms with Crippen molar-refractivity contribution in [3.05, 3.63) is 16.1 Å². The summed E-state index contributed by atoms with van der Waals surface area (Å²) in [5.74, 6) is -0.0993. The number of amides is 1. The third kappa shape index (κ3) is 3.02. The molecule has 0 aliphatic rings. The van der Waals surface area contributed by atoms with Crippen molar-refractivity contribution >= 4 is 17.2 Å². The third-order valence-electron chi connectivity index (χ3n) is 2.81. The molecule has 1 amide bonds. The molecule has 4 nitrogen and oxygen atoms in total. The zero-order valence-corrected chi connectivity index (χ0v) is 10.7. The highest BCUT2D eigenvalue weighted by atomic mass is 32.1. The number of aliphatic hydroxyl groups is 1. The molecular weight excluding hydrogens is 224 g/mol. The van der Waals surface area contributed by atoms with Crippen LogP contribution in [-0.2, 0) is 0 Å². The lowest BCUT2D eigenvalue weighted by Crippen LogP contribution is -2.46. The zero-order chi connectivity index (χ0) is 12.2. The fourth-order valence-electron chi connectivity index (χ4n) is 1.43. The van der Waals surface area contributed by atoms with Gasteiger partial charge in [0.25, 0.3) is 5.91 Å². The Labute approximate surface area is 99.7 Å². The molecule has 16 heavy (non-hydrogen) atoms. The largest absolute Gasteiger partial charge is 0.396 e. The summed E-state index contributed by atoms with van der Waals surface area (Å²) in [7, 11) is 0. The van der Waals surface area contributed by atoms with Crippen molar-refractivity contribution in [2.45, 2.75) is 39.2 Å². The lowest BCUT2D eigenvalue weighted by Gasteiger charge is -2.28. The standard InChI is InChI=1S/C11H18N2O2S/c1-4-11(3,5-6-14)13-10(15)9-8(2)12-7-16-9/h7,14H,4-6H2,1-3H3,(H,13,15). The van der Waals surface area contributed by atoms with Gasteiger partial charge in [-0.3, -0.25) is 4.79 Å². The summed E-state index contributed by atoms with van der Waals surface area (Å²) in [6.45, 7) is 5.83. The summed E-state index contributed by atoms with van der Waals surface area (Å²) < 4.78 is 0. The maximum Gasteiger partial charge on any atom is 0.263 e. The first-order valence-corrected chi connectivity index (χ1v) is 6.24. The lowest BCUT2D eigenvalue weighted by atomic mass is 9.95. The number of aryl methyl sites for hydroxylation is 1. The summed E-state index contributed by atoms with van der Waals surface area (Å²) in [5.41, 5.74) is 2.08. The second-order valence-corrected chi connectivity index (χ2v) is 4.96. The molecule has 0 aromatic carbocycles. The van der Waals surface area contributed by atoms with Crippen LogP contribution in [0.15, 0.2) is 5.51 Å². The van der Waals surface area contributed by atoms with Gasteiger partial charge in [0.2, 0.25) is 0 Å². The average molecular weight is 242 g/mol. The number of aromatic nitrogens is 1. The van der Waals surface area contributed by atoms with Gasteiger partial charge in [0.15, 0.2) is 0 Å². The monoisotopic (exact) mass is 242 g/mol. The molecule has 1 aromatic heterocycles. The number of carbonyl (C=O) groups excluding carboxylic acids is 1. The van der Waals surface area contributed by atoms with Crippen LogP contribution in [-0.4, -0.2) is 28.1 Å². The smallest absolute Gasteiger partial charge is 0.263 e. The molecule has 1 aromatic rings. The Morgan fingerprint density at radius 2 is 2.38 bits per heavy atom. The van der Waals surface area contributed by atoms with Gasteiger partial charge < -0.3 is 10.4 Å². The van der Waals surface area contributed by atoms with E-state index in [1.807, 2.05) is 20.8 Å². The van der Waals surface area contributed by atoms with Crippen LogP contribution in [0.2, 0.25) is 0 Å². The number of rotatable bonds is 5. The van der Waals surface area contributed by atoms with Gasteiger partial charge in [0.1, 0.15) is 4.88 Å². The van der Waals surface area contributed by atoms with Crippen LogP contribution < -0.4 is 5.32 Å². The maximum atomic E-state index is 12.0. The molecule has 0 aliphatic carbocycles. The Hall–Kier alpha value is -0.940. The molecular formula is C11H18N2O2S. The third-order valence-corrected chi connectivity index (χ3v) is 3.74. The van der Waals surface area contributed by atoms with Gasteiger partial charge in [-0.2, -0.15) is 0 Å². The van der Waals surface area contributed by atoms with Gasteiger partial charge in [0, 0.05) is 12.1 Å².